The second-order valence-electron chi connectivity index (χ2n) is 4.09. The molecule has 0 aliphatic rings. The summed E-state index contributed by atoms with van der Waals surface area (Å²) < 4.78 is 1.77. The highest BCUT2D eigenvalue weighted by Crippen LogP contribution is 2.21. The predicted molar refractivity (Wildman–Crippen MR) is 76.2 cm³/mol. The number of nitrogens with zero attached hydrogens (tertiary/aromatic N) is 3. The van der Waals surface area contributed by atoms with Crippen molar-refractivity contribution in [3.05, 3.63) is 59.9 Å². The van der Waals surface area contributed by atoms with Crippen molar-refractivity contribution in [2.24, 2.45) is 0 Å². The molecule has 1 aromatic heterocycles. The van der Waals surface area contributed by atoms with Crippen molar-refractivity contribution in [1.82, 2.24) is 14.8 Å². The molecule has 0 spiro atoms. The number of halogens is 1. The van der Waals surface area contributed by atoms with Gasteiger partial charge >= 0.3 is 0 Å². The summed E-state index contributed by atoms with van der Waals surface area (Å²) in [6.07, 6.45) is 1.53. The fourth-order valence-corrected chi connectivity index (χ4v) is 1.97. The van der Waals surface area contributed by atoms with Crippen LogP contribution in [-0.2, 0) is 0 Å². The van der Waals surface area contributed by atoms with E-state index in [1.807, 2.05) is 48.5 Å². The smallest absolute Gasteiger partial charge is 0.163 e. The third-order valence-corrected chi connectivity index (χ3v) is 3.04. The molecule has 94 valence electrons. The van der Waals surface area contributed by atoms with Gasteiger partial charge in [-0.2, -0.15) is 5.10 Å². The van der Waals surface area contributed by atoms with E-state index >= 15 is 0 Å². The molecule has 3 aromatic rings. The molecule has 0 saturated heterocycles. The van der Waals surface area contributed by atoms with Crippen molar-refractivity contribution in [3.8, 4) is 17.1 Å². The molecule has 1 heterocycles. The van der Waals surface area contributed by atoms with Crippen molar-refractivity contribution >= 4 is 17.3 Å². The minimum Gasteiger partial charge on any atom is -0.399 e. The molecule has 0 fully saturated rings. The van der Waals surface area contributed by atoms with E-state index in [0.717, 1.165) is 22.8 Å². The van der Waals surface area contributed by atoms with Crippen LogP contribution in [-0.4, -0.2) is 14.8 Å². The van der Waals surface area contributed by atoms with Crippen LogP contribution in [0.25, 0.3) is 17.1 Å². The number of anilines is 1. The number of benzene rings is 2. The molecule has 0 saturated carbocycles. The topological polar surface area (TPSA) is 56.7 Å². The van der Waals surface area contributed by atoms with Crippen LogP contribution < -0.4 is 5.73 Å². The summed E-state index contributed by atoms with van der Waals surface area (Å²) in [4.78, 5) is 4.29. The molecule has 0 amide bonds. The zero-order chi connectivity index (χ0) is 13.2. The Kier molecular flexibility index (Phi) is 2.93. The first kappa shape index (κ1) is 11.7. The van der Waals surface area contributed by atoms with Crippen LogP contribution in [0.2, 0.25) is 5.02 Å². The molecule has 0 bridgehead atoms. The maximum Gasteiger partial charge on any atom is 0.163 e. The second kappa shape index (κ2) is 4.74. The standard InChI is InChI=1S/C14H11ClN4/c15-11-3-7-13(8-4-11)19-14(17-9-18-19)10-1-5-12(16)6-2-10/h1-9H,16H2. The highest BCUT2D eigenvalue weighted by molar-refractivity contribution is 6.30. The lowest BCUT2D eigenvalue weighted by Gasteiger charge is -2.06. The third kappa shape index (κ3) is 2.30. The van der Waals surface area contributed by atoms with Gasteiger partial charge in [0.2, 0.25) is 0 Å². The quantitative estimate of drug-likeness (QED) is 0.728. The molecule has 0 aliphatic heterocycles. The van der Waals surface area contributed by atoms with Crippen LogP contribution >= 0.6 is 11.6 Å². The molecule has 0 unspecified atom stereocenters. The normalized spacial score (nSPS) is 10.6. The average molecular weight is 271 g/mol. The van der Waals surface area contributed by atoms with E-state index in [4.69, 9.17) is 17.3 Å². The zero-order valence-corrected chi connectivity index (χ0v) is 10.7. The molecule has 4 nitrogen and oxygen atoms in total. The van der Waals surface area contributed by atoms with E-state index < -0.39 is 0 Å². The van der Waals surface area contributed by atoms with E-state index in [1.54, 1.807) is 4.68 Å². The van der Waals surface area contributed by atoms with Crippen molar-refractivity contribution in [3.63, 3.8) is 0 Å². The van der Waals surface area contributed by atoms with Gasteiger partial charge in [0.05, 0.1) is 5.69 Å². The Balaban J connectivity index is 2.07. The maximum atomic E-state index is 5.89. The summed E-state index contributed by atoms with van der Waals surface area (Å²) >= 11 is 5.89. The molecule has 2 aromatic carbocycles. The second-order valence-corrected chi connectivity index (χ2v) is 4.53. The Morgan fingerprint density at radius 1 is 0.947 bits per heavy atom. The van der Waals surface area contributed by atoms with Crippen LogP contribution in [0.15, 0.2) is 54.9 Å². The van der Waals surface area contributed by atoms with Gasteiger partial charge in [-0.05, 0) is 48.5 Å². The number of hydrogen-bond acceptors (Lipinski definition) is 3. The lowest BCUT2D eigenvalue weighted by molar-refractivity contribution is 0.887. The van der Waals surface area contributed by atoms with Gasteiger partial charge in [0.15, 0.2) is 5.82 Å². The third-order valence-electron chi connectivity index (χ3n) is 2.79. The van der Waals surface area contributed by atoms with Gasteiger partial charge in [-0.25, -0.2) is 9.67 Å². The Morgan fingerprint density at radius 3 is 2.32 bits per heavy atom. The average Bonchev–Trinajstić information content (AvgIpc) is 2.90. The van der Waals surface area contributed by atoms with Gasteiger partial charge in [0.1, 0.15) is 6.33 Å². The maximum absolute atomic E-state index is 5.89. The summed E-state index contributed by atoms with van der Waals surface area (Å²) in [5, 5.41) is 4.94. The van der Waals surface area contributed by atoms with E-state index in [-0.39, 0.29) is 0 Å². The van der Waals surface area contributed by atoms with Gasteiger partial charge in [-0.3, -0.25) is 0 Å². The van der Waals surface area contributed by atoms with E-state index in [1.165, 1.54) is 6.33 Å². The first-order valence-corrected chi connectivity index (χ1v) is 6.14. The fourth-order valence-electron chi connectivity index (χ4n) is 1.84. The van der Waals surface area contributed by atoms with Gasteiger partial charge in [0, 0.05) is 16.3 Å². The van der Waals surface area contributed by atoms with Crippen molar-refractivity contribution < 1.29 is 0 Å². The molecule has 0 radical (unpaired) electrons. The van der Waals surface area contributed by atoms with Crippen LogP contribution in [0.4, 0.5) is 5.69 Å². The van der Waals surface area contributed by atoms with Crippen LogP contribution in [0.3, 0.4) is 0 Å². The Hall–Kier alpha value is -2.33. The van der Waals surface area contributed by atoms with E-state index in [2.05, 4.69) is 10.1 Å². The number of nitrogens with two attached hydrogens (primary N) is 1. The molecule has 3 rings (SSSR count). The van der Waals surface area contributed by atoms with Gasteiger partial charge < -0.3 is 5.73 Å². The number of nitrogen functional groups attached to an aromatic ring is 1. The van der Waals surface area contributed by atoms with Crippen LogP contribution in [0.5, 0.6) is 0 Å². The molecule has 5 heteroatoms. The summed E-state index contributed by atoms with van der Waals surface area (Å²) in [6, 6.07) is 15.0. The highest BCUT2D eigenvalue weighted by atomic mass is 35.5. The fraction of sp³-hybridized carbons (Fsp3) is 0. The van der Waals surface area contributed by atoms with E-state index in [9.17, 15) is 0 Å². The van der Waals surface area contributed by atoms with Crippen LogP contribution in [0, 0.1) is 0 Å². The number of aromatic nitrogens is 3. The minimum absolute atomic E-state index is 0.692. The Labute approximate surface area is 115 Å². The van der Waals surface area contributed by atoms with Gasteiger partial charge in [-0.1, -0.05) is 11.6 Å². The minimum atomic E-state index is 0.692. The Bertz CT molecular complexity index is 626. The molecule has 19 heavy (non-hydrogen) atoms. The first-order chi connectivity index (χ1) is 9.24. The largest absolute Gasteiger partial charge is 0.399 e. The Morgan fingerprint density at radius 2 is 1.63 bits per heavy atom. The predicted octanol–water partition coefficient (Wildman–Crippen LogP) is 3.17. The molecule has 0 atom stereocenters. The highest BCUT2D eigenvalue weighted by Gasteiger charge is 2.08. The molecular weight excluding hydrogens is 260 g/mol. The van der Waals surface area contributed by atoms with Gasteiger partial charge in [-0.15, -0.1) is 0 Å². The molecular formula is C14H11ClN4. The number of rotatable bonds is 2. The summed E-state index contributed by atoms with van der Waals surface area (Å²) in [5.74, 6) is 0.766. The first-order valence-electron chi connectivity index (χ1n) is 5.76. The zero-order valence-electron chi connectivity index (χ0n) is 9.99. The lowest BCUT2D eigenvalue weighted by atomic mass is 10.2. The van der Waals surface area contributed by atoms with E-state index in [0.29, 0.717) is 5.02 Å². The molecule has 2 N–H and O–H groups in total. The van der Waals surface area contributed by atoms with Crippen LogP contribution in [0.1, 0.15) is 0 Å². The summed E-state index contributed by atoms with van der Waals surface area (Å²) in [6.45, 7) is 0. The monoisotopic (exact) mass is 270 g/mol. The van der Waals surface area contributed by atoms with Crippen molar-refractivity contribution in [2.45, 2.75) is 0 Å². The SMILES string of the molecule is Nc1ccc(-c2ncnn2-c2ccc(Cl)cc2)cc1. The van der Waals surface area contributed by atoms with Gasteiger partial charge in [0.25, 0.3) is 0 Å². The van der Waals surface area contributed by atoms with Crippen molar-refractivity contribution in [2.75, 3.05) is 5.73 Å². The number of hydrogen-bond donors (Lipinski definition) is 1. The van der Waals surface area contributed by atoms with Crippen molar-refractivity contribution in [1.29, 1.82) is 0 Å². The summed E-state index contributed by atoms with van der Waals surface area (Å²) in [7, 11) is 0. The summed E-state index contributed by atoms with van der Waals surface area (Å²) in [5.41, 5.74) is 8.28. The molecule has 0 aliphatic carbocycles. The lowest BCUT2D eigenvalue weighted by Crippen LogP contribution is -1.99.